The molecule has 0 saturated carbocycles. The van der Waals surface area contributed by atoms with Gasteiger partial charge in [-0.15, -0.1) is 0 Å². The van der Waals surface area contributed by atoms with E-state index in [2.05, 4.69) is 182 Å². The summed E-state index contributed by atoms with van der Waals surface area (Å²) in [5.74, 6) is 0. The molecule has 0 aliphatic rings. The summed E-state index contributed by atoms with van der Waals surface area (Å²) in [6.07, 6.45) is 4.26. The molecule has 0 N–H and O–H groups in total. The van der Waals surface area contributed by atoms with Crippen molar-refractivity contribution in [2.45, 2.75) is 13.8 Å². The summed E-state index contributed by atoms with van der Waals surface area (Å²) in [6.45, 7) is 4.26. The fourth-order valence-electron chi connectivity index (χ4n) is 7.65. The number of aryl methyl sites for hydroxylation is 1. The Kier molecular flexibility index (Phi) is 6.20. The predicted molar refractivity (Wildman–Crippen MR) is 204 cm³/mol. The van der Waals surface area contributed by atoms with E-state index in [-0.39, 0.29) is 0 Å². The number of nitrogens with zero attached hydrogens (tertiary/aromatic N) is 2. The van der Waals surface area contributed by atoms with Crippen LogP contribution >= 0.6 is 0 Å². The van der Waals surface area contributed by atoms with Crippen LogP contribution in [-0.2, 0) is 0 Å². The van der Waals surface area contributed by atoms with Gasteiger partial charge in [0, 0.05) is 40.3 Å². The number of allylic oxidation sites excluding steroid dienone is 1. The van der Waals surface area contributed by atoms with Crippen molar-refractivity contribution in [2.24, 2.45) is 0 Å². The van der Waals surface area contributed by atoms with Crippen LogP contribution in [0, 0.1) is 6.92 Å². The molecule has 0 fully saturated rings. The van der Waals surface area contributed by atoms with Crippen molar-refractivity contribution < 1.29 is 0 Å². The standard InChI is InChI=1S/C45H34N2/c1-4-9-30-16-23-39-38-13-5-6-15-41(38)47(43(39)26-30)36-21-19-31(20-22-36)35-24-29(2)25-37(27-35)46(3)42-28-34-12-7-10-32-17-18-33-11-8-14-40(42)45(33)44(32)34/h4-28H,1-3H3/b9-4+. The molecule has 0 spiro atoms. The third kappa shape index (κ3) is 4.33. The van der Waals surface area contributed by atoms with Gasteiger partial charge in [-0.25, -0.2) is 0 Å². The van der Waals surface area contributed by atoms with Crippen molar-refractivity contribution in [2.75, 3.05) is 11.9 Å². The van der Waals surface area contributed by atoms with Gasteiger partial charge in [0.05, 0.1) is 11.0 Å². The average molecular weight is 603 g/mol. The smallest absolute Gasteiger partial charge is 0.0547 e. The number of hydrogen-bond acceptors (Lipinski definition) is 1. The first-order valence-electron chi connectivity index (χ1n) is 16.4. The summed E-state index contributed by atoms with van der Waals surface area (Å²) in [5, 5.41) is 10.4. The molecular weight excluding hydrogens is 569 g/mol. The average Bonchev–Trinajstić information content (AvgIpc) is 3.43. The molecule has 9 rings (SSSR count). The van der Waals surface area contributed by atoms with Gasteiger partial charge in [-0.2, -0.15) is 0 Å². The Bertz CT molecular complexity index is 2650. The van der Waals surface area contributed by atoms with Crippen molar-refractivity contribution >= 4 is 71.6 Å². The van der Waals surface area contributed by atoms with Crippen molar-refractivity contribution in [1.82, 2.24) is 4.57 Å². The van der Waals surface area contributed by atoms with Gasteiger partial charge in [0.15, 0.2) is 0 Å². The SMILES string of the molecule is C/C=C/c1ccc2c3ccccc3n(-c3ccc(-c4cc(C)cc(N(C)c5cc6cccc7ccc8cccc5c8c76)c4)cc3)c2c1. The van der Waals surface area contributed by atoms with Gasteiger partial charge in [0.2, 0.25) is 0 Å². The topological polar surface area (TPSA) is 8.17 Å². The second-order valence-electron chi connectivity index (χ2n) is 12.7. The molecule has 8 aromatic carbocycles. The number of rotatable bonds is 5. The van der Waals surface area contributed by atoms with Gasteiger partial charge in [0.25, 0.3) is 0 Å². The second kappa shape index (κ2) is 10.6. The Morgan fingerprint density at radius 3 is 2.11 bits per heavy atom. The zero-order valence-electron chi connectivity index (χ0n) is 26.8. The van der Waals surface area contributed by atoms with Crippen molar-refractivity contribution in [3.05, 3.63) is 157 Å². The summed E-state index contributed by atoms with van der Waals surface area (Å²) in [5.41, 5.74) is 10.9. The molecule has 224 valence electrons. The molecule has 0 radical (unpaired) electrons. The molecule has 1 aromatic heterocycles. The maximum absolute atomic E-state index is 2.39. The molecule has 47 heavy (non-hydrogen) atoms. The predicted octanol–water partition coefficient (Wildman–Crippen LogP) is 12.5. The maximum atomic E-state index is 2.39. The molecule has 1 heterocycles. The Balaban J connectivity index is 1.14. The first-order chi connectivity index (χ1) is 23.1. The minimum absolute atomic E-state index is 1.16. The van der Waals surface area contributed by atoms with E-state index in [1.165, 1.54) is 87.8 Å². The third-order valence-corrected chi connectivity index (χ3v) is 9.81. The van der Waals surface area contributed by atoms with Crippen LogP contribution in [0.4, 0.5) is 11.4 Å². The highest BCUT2D eigenvalue weighted by molar-refractivity contribution is 6.26. The van der Waals surface area contributed by atoms with Crippen LogP contribution in [0.15, 0.2) is 146 Å². The molecular formula is C45H34N2. The Morgan fingerprint density at radius 2 is 1.28 bits per heavy atom. The lowest BCUT2D eigenvalue weighted by Crippen LogP contribution is -2.10. The van der Waals surface area contributed by atoms with Gasteiger partial charge in [-0.1, -0.05) is 109 Å². The lowest BCUT2D eigenvalue weighted by molar-refractivity contribution is 1.18. The molecule has 2 nitrogen and oxygen atoms in total. The van der Waals surface area contributed by atoms with E-state index in [1.54, 1.807) is 0 Å². The number of para-hydroxylation sites is 1. The van der Waals surface area contributed by atoms with Gasteiger partial charge >= 0.3 is 0 Å². The highest BCUT2D eigenvalue weighted by Gasteiger charge is 2.17. The maximum Gasteiger partial charge on any atom is 0.0547 e. The number of aromatic nitrogens is 1. The Labute approximate surface area is 274 Å². The van der Waals surface area contributed by atoms with Crippen LogP contribution in [-0.4, -0.2) is 11.6 Å². The molecule has 0 bridgehead atoms. The highest BCUT2D eigenvalue weighted by Crippen LogP contribution is 2.42. The van der Waals surface area contributed by atoms with Crippen LogP contribution in [0.3, 0.4) is 0 Å². The van der Waals surface area contributed by atoms with E-state index in [0.29, 0.717) is 0 Å². The number of fused-ring (bicyclic) bond motifs is 3. The molecule has 2 heteroatoms. The molecule has 0 aliphatic carbocycles. The molecule has 0 amide bonds. The fourth-order valence-corrected chi connectivity index (χ4v) is 7.65. The Hall–Kier alpha value is -5.86. The van der Waals surface area contributed by atoms with Crippen LogP contribution in [0.1, 0.15) is 18.1 Å². The molecule has 0 saturated heterocycles. The Morgan fingerprint density at radius 1 is 0.553 bits per heavy atom. The van der Waals surface area contributed by atoms with Gasteiger partial charge in [0.1, 0.15) is 0 Å². The number of hydrogen-bond donors (Lipinski definition) is 0. The molecule has 0 atom stereocenters. The van der Waals surface area contributed by atoms with Crippen molar-refractivity contribution in [3.8, 4) is 16.8 Å². The second-order valence-corrected chi connectivity index (χ2v) is 12.7. The lowest BCUT2D eigenvalue weighted by atomic mass is 9.93. The molecule has 9 aromatic rings. The normalized spacial score (nSPS) is 12.1. The molecule has 0 unspecified atom stereocenters. The lowest BCUT2D eigenvalue weighted by Gasteiger charge is -2.25. The summed E-state index contributed by atoms with van der Waals surface area (Å²) in [6, 6.07) is 51.6. The monoisotopic (exact) mass is 602 g/mol. The fraction of sp³-hybridized carbons (Fsp3) is 0.0667. The molecule has 0 aliphatic heterocycles. The first kappa shape index (κ1) is 27.5. The van der Waals surface area contributed by atoms with Crippen molar-refractivity contribution in [3.63, 3.8) is 0 Å². The van der Waals surface area contributed by atoms with E-state index in [0.717, 1.165) is 5.69 Å². The zero-order valence-corrected chi connectivity index (χ0v) is 26.8. The van der Waals surface area contributed by atoms with E-state index in [1.807, 2.05) is 0 Å². The van der Waals surface area contributed by atoms with E-state index < -0.39 is 0 Å². The number of anilines is 2. The van der Waals surface area contributed by atoms with Crippen LogP contribution in [0.5, 0.6) is 0 Å². The van der Waals surface area contributed by atoms with Crippen molar-refractivity contribution in [1.29, 1.82) is 0 Å². The number of benzene rings is 8. The zero-order chi connectivity index (χ0) is 31.6. The third-order valence-electron chi connectivity index (χ3n) is 9.81. The van der Waals surface area contributed by atoms with Gasteiger partial charge in [-0.3, -0.25) is 0 Å². The largest absolute Gasteiger partial charge is 0.344 e. The van der Waals surface area contributed by atoms with Gasteiger partial charge in [-0.05, 0) is 105 Å². The van der Waals surface area contributed by atoms with Crippen LogP contribution < -0.4 is 4.90 Å². The summed E-state index contributed by atoms with van der Waals surface area (Å²) >= 11 is 0. The van der Waals surface area contributed by atoms with Gasteiger partial charge < -0.3 is 9.47 Å². The summed E-state index contributed by atoms with van der Waals surface area (Å²) in [7, 11) is 2.20. The van der Waals surface area contributed by atoms with Crippen LogP contribution in [0.25, 0.3) is 77.0 Å². The highest BCUT2D eigenvalue weighted by atomic mass is 15.1. The minimum atomic E-state index is 1.16. The van der Waals surface area contributed by atoms with E-state index in [9.17, 15) is 0 Å². The quantitative estimate of drug-likeness (QED) is 0.178. The summed E-state index contributed by atoms with van der Waals surface area (Å²) < 4.78 is 2.39. The summed E-state index contributed by atoms with van der Waals surface area (Å²) in [4.78, 5) is 2.36. The first-order valence-corrected chi connectivity index (χ1v) is 16.4. The van der Waals surface area contributed by atoms with Crippen LogP contribution in [0.2, 0.25) is 0 Å². The minimum Gasteiger partial charge on any atom is -0.344 e. The van der Waals surface area contributed by atoms with E-state index >= 15 is 0 Å². The van der Waals surface area contributed by atoms with E-state index in [4.69, 9.17) is 0 Å².